The van der Waals surface area contributed by atoms with Crippen LogP contribution in [0.1, 0.15) is 51.4 Å². The maximum atomic E-state index is 12.7. The Labute approximate surface area is 160 Å². The van der Waals surface area contributed by atoms with Crippen molar-refractivity contribution in [2.45, 2.75) is 62.9 Å². The smallest absolute Gasteiger partial charge is 0.157 e. The van der Waals surface area contributed by atoms with Gasteiger partial charge in [0.05, 0.1) is 11.4 Å². The lowest BCUT2D eigenvalue weighted by Gasteiger charge is -2.25. The molecule has 2 heterocycles. The molecule has 4 rings (SSSR count). The lowest BCUT2D eigenvalue weighted by molar-refractivity contribution is -0.124. The number of carbonyl (C=O) groups excluding carboxylic acids is 1. The first kappa shape index (κ1) is 18.1. The number of likely N-dealkylation sites (tertiary alicyclic amines) is 1. The van der Waals surface area contributed by atoms with Crippen molar-refractivity contribution in [1.29, 1.82) is 0 Å². The Kier molecular flexibility index (Phi) is 5.95. The second-order valence-electron chi connectivity index (χ2n) is 7.73. The van der Waals surface area contributed by atoms with Gasteiger partial charge in [-0.3, -0.25) is 14.4 Å². The van der Waals surface area contributed by atoms with Crippen LogP contribution in [0, 0.1) is 5.92 Å². The van der Waals surface area contributed by atoms with Crippen LogP contribution in [0.5, 0.6) is 0 Å². The molecule has 1 saturated heterocycles. The normalized spacial score (nSPS) is 19.8. The van der Waals surface area contributed by atoms with Gasteiger partial charge in [0.15, 0.2) is 5.78 Å². The number of para-hydroxylation sites is 1. The van der Waals surface area contributed by atoms with Crippen molar-refractivity contribution in [3.63, 3.8) is 0 Å². The topological polar surface area (TPSA) is 38.1 Å². The van der Waals surface area contributed by atoms with Crippen molar-refractivity contribution in [2.75, 3.05) is 19.0 Å². The van der Waals surface area contributed by atoms with E-state index >= 15 is 0 Å². The fourth-order valence-electron chi connectivity index (χ4n) is 4.27. The third kappa shape index (κ3) is 4.15. The fraction of sp³-hybridized carbons (Fsp3) is 0.619. The largest absolute Gasteiger partial charge is 0.297 e. The van der Waals surface area contributed by atoms with Crippen molar-refractivity contribution >= 4 is 28.4 Å². The zero-order chi connectivity index (χ0) is 17.8. The van der Waals surface area contributed by atoms with Crippen LogP contribution in [0.3, 0.4) is 0 Å². The van der Waals surface area contributed by atoms with Crippen LogP contribution >= 0.6 is 11.8 Å². The summed E-state index contributed by atoms with van der Waals surface area (Å²) in [6.45, 7) is 2.83. The number of Topliss-reactive ketones (excluding diaryl/α,β-unsaturated/α-hetero) is 1. The summed E-state index contributed by atoms with van der Waals surface area (Å²) in [5, 5.41) is 7.10. The van der Waals surface area contributed by atoms with Crippen molar-refractivity contribution in [3.05, 3.63) is 24.3 Å². The van der Waals surface area contributed by atoms with Gasteiger partial charge in [0.1, 0.15) is 11.6 Å². The highest BCUT2D eigenvalue weighted by Crippen LogP contribution is 2.30. The highest BCUT2D eigenvalue weighted by Gasteiger charge is 2.23. The average molecular weight is 372 g/mol. The van der Waals surface area contributed by atoms with E-state index in [9.17, 15) is 4.79 Å². The Morgan fingerprint density at radius 1 is 1.04 bits per heavy atom. The molecule has 1 aliphatic carbocycles. The van der Waals surface area contributed by atoms with Gasteiger partial charge in [-0.1, -0.05) is 55.6 Å². The molecular weight excluding hydrogens is 342 g/mol. The molecule has 2 aliphatic rings. The predicted octanol–water partition coefficient (Wildman–Crippen LogP) is 4.72. The van der Waals surface area contributed by atoms with Crippen LogP contribution in [-0.2, 0) is 11.3 Å². The number of fused-ring (bicyclic) bond motifs is 1. The number of aromatic nitrogens is 2. The third-order valence-electron chi connectivity index (χ3n) is 5.82. The van der Waals surface area contributed by atoms with Crippen LogP contribution in [0.2, 0.25) is 0 Å². The summed E-state index contributed by atoms with van der Waals surface area (Å²) in [5.74, 6) is 1.61. The number of thioether (sulfide) groups is 1. The van der Waals surface area contributed by atoms with Gasteiger partial charge in [0.25, 0.3) is 0 Å². The van der Waals surface area contributed by atoms with Gasteiger partial charge in [-0.05, 0) is 44.8 Å². The van der Waals surface area contributed by atoms with E-state index in [1.54, 1.807) is 0 Å². The molecule has 0 spiro atoms. The molecule has 140 valence electrons. The molecule has 0 N–H and O–H groups in total. The second-order valence-corrected chi connectivity index (χ2v) is 8.67. The van der Waals surface area contributed by atoms with Crippen LogP contribution in [0.25, 0.3) is 10.9 Å². The van der Waals surface area contributed by atoms with Crippen LogP contribution < -0.4 is 0 Å². The van der Waals surface area contributed by atoms with E-state index in [0.717, 1.165) is 29.3 Å². The molecule has 2 fully saturated rings. The minimum atomic E-state index is 0.246. The van der Waals surface area contributed by atoms with E-state index < -0.39 is 0 Å². The van der Waals surface area contributed by atoms with Crippen molar-refractivity contribution in [3.8, 4) is 0 Å². The molecule has 0 unspecified atom stereocenters. The Morgan fingerprint density at radius 2 is 1.77 bits per heavy atom. The lowest BCUT2D eigenvalue weighted by Crippen LogP contribution is -2.29. The summed E-state index contributed by atoms with van der Waals surface area (Å²) in [5.41, 5.74) is 1.10. The number of carbonyl (C=O) groups is 1. The molecule has 5 heteroatoms. The monoisotopic (exact) mass is 371 g/mol. The third-order valence-corrected chi connectivity index (χ3v) is 6.89. The number of hydrogen-bond donors (Lipinski definition) is 0. The molecule has 1 aromatic carbocycles. The van der Waals surface area contributed by atoms with Gasteiger partial charge in [0, 0.05) is 11.3 Å². The Bertz CT molecular complexity index is 745. The van der Waals surface area contributed by atoms with Crippen LogP contribution in [0.15, 0.2) is 29.3 Å². The first-order valence-corrected chi connectivity index (χ1v) is 11.1. The zero-order valence-corrected chi connectivity index (χ0v) is 16.3. The summed E-state index contributed by atoms with van der Waals surface area (Å²) in [6.07, 6.45) is 9.80. The van der Waals surface area contributed by atoms with Gasteiger partial charge in [-0.2, -0.15) is 5.10 Å². The summed E-state index contributed by atoms with van der Waals surface area (Å²) in [7, 11) is 0. The molecule has 0 radical (unpaired) electrons. The highest BCUT2D eigenvalue weighted by molar-refractivity contribution is 7.99. The Balaban J connectivity index is 1.48. The highest BCUT2D eigenvalue weighted by atomic mass is 32.2. The molecule has 0 bridgehead atoms. The number of hydrogen-bond acceptors (Lipinski definition) is 4. The molecule has 1 aliphatic heterocycles. The summed E-state index contributed by atoms with van der Waals surface area (Å²) < 4.78 is 1.95. The molecule has 0 atom stereocenters. The Morgan fingerprint density at radius 3 is 2.58 bits per heavy atom. The van der Waals surface area contributed by atoms with E-state index in [4.69, 9.17) is 5.10 Å². The number of rotatable bonds is 6. The minimum Gasteiger partial charge on any atom is -0.297 e. The Hall–Kier alpha value is -1.33. The van der Waals surface area contributed by atoms with E-state index in [0.29, 0.717) is 12.3 Å². The van der Waals surface area contributed by atoms with Gasteiger partial charge in [-0.15, -0.1) is 0 Å². The van der Waals surface area contributed by atoms with Gasteiger partial charge >= 0.3 is 0 Å². The second kappa shape index (κ2) is 8.57. The van der Waals surface area contributed by atoms with Crippen molar-refractivity contribution in [2.24, 2.45) is 5.92 Å². The van der Waals surface area contributed by atoms with E-state index in [1.807, 2.05) is 22.5 Å². The van der Waals surface area contributed by atoms with Gasteiger partial charge < -0.3 is 0 Å². The SMILES string of the molecule is O=C(Cn1nc(SCN2CCCCC2)c2ccccc21)C1CCCCC1. The quantitative estimate of drug-likeness (QED) is 0.689. The molecule has 1 saturated carbocycles. The number of ketones is 1. The minimum absolute atomic E-state index is 0.246. The van der Waals surface area contributed by atoms with E-state index in [2.05, 4.69) is 23.1 Å². The first-order valence-electron chi connectivity index (χ1n) is 10.1. The molecule has 2 aromatic rings. The number of benzene rings is 1. The zero-order valence-electron chi connectivity index (χ0n) is 15.5. The van der Waals surface area contributed by atoms with Gasteiger partial charge in [0.2, 0.25) is 0 Å². The molecule has 1 aromatic heterocycles. The molecule has 4 nitrogen and oxygen atoms in total. The predicted molar refractivity (Wildman–Crippen MR) is 107 cm³/mol. The maximum Gasteiger partial charge on any atom is 0.157 e. The fourth-order valence-corrected chi connectivity index (χ4v) is 5.31. The van der Waals surface area contributed by atoms with Crippen LogP contribution in [0.4, 0.5) is 0 Å². The summed E-state index contributed by atoms with van der Waals surface area (Å²) in [6, 6.07) is 8.36. The van der Waals surface area contributed by atoms with Crippen molar-refractivity contribution in [1.82, 2.24) is 14.7 Å². The summed E-state index contributed by atoms with van der Waals surface area (Å²) >= 11 is 1.82. The average Bonchev–Trinajstić information content (AvgIpc) is 3.05. The first-order chi connectivity index (χ1) is 12.8. The van der Waals surface area contributed by atoms with E-state index in [-0.39, 0.29) is 5.92 Å². The van der Waals surface area contributed by atoms with Gasteiger partial charge in [-0.25, -0.2) is 0 Å². The number of nitrogens with zero attached hydrogens (tertiary/aromatic N) is 3. The standard InChI is InChI=1S/C21H29N3OS/c25-20(17-9-3-1-4-10-17)15-24-19-12-6-5-11-18(19)21(22-24)26-16-23-13-7-2-8-14-23/h5-6,11-12,17H,1-4,7-10,13-16H2. The van der Waals surface area contributed by atoms with Crippen molar-refractivity contribution < 1.29 is 4.79 Å². The summed E-state index contributed by atoms with van der Waals surface area (Å²) in [4.78, 5) is 15.3. The van der Waals surface area contributed by atoms with Crippen LogP contribution in [-0.4, -0.2) is 39.4 Å². The maximum absolute atomic E-state index is 12.7. The lowest BCUT2D eigenvalue weighted by atomic mass is 9.86. The number of piperidine rings is 1. The molecule has 0 amide bonds. The van der Waals surface area contributed by atoms with E-state index in [1.165, 1.54) is 57.0 Å². The molecule has 26 heavy (non-hydrogen) atoms. The molecular formula is C21H29N3OS.